The molecule has 0 saturated carbocycles. The summed E-state index contributed by atoms with van der Waals surface area (Å²) in [4.78, 5) is 44.6. The van der Waals surface area contributed by atoms with Crippen LogP contribution in [0.3, 0.4) is 0 Å². The number of carbonyl (C=O) groups is 3. The maximum absolute atomic E-state index is 13.3. The van der Waals surface area contributed by atoms with Crippen molar-refractivity contribution in [3.8, 4) is 23.0 Å². The molecule has 1 aromatic heterocycles. The average Bonchev–Trinajstić information content (AvgIpc) is 3.36. The lowest BCUT2D eigenvalue weighted by atomic mass is 10.1. The summed E-state index contributed by atoms with van der Waals surface area (Å²) >= 11 is 0. The van der Waals surface area contributed by atoms with E-state index in [9.17, 15) is 14.4 Å². The van der Waals surface area contributed by atoms with Crippen LogP contribution in [0.2, 0.25) is 0 Å². The molecule has 4 bridgehead atoms. The van der Waals surface area contributed by atoms with Crippen LogP contribution >= 0.6 is 0 Å². The van der Waals surface area contributed by atoms with Gasteiger partial charge in [0, 0.05) is 36.6 Å². The Bertz CT molecular complexity index is 1380. The molecule has 202 valence electrons. The van der Waals surface area contributed by atoms with Gasteiger partial charge in [-0.25, -0.2) is 0 Å². The maximum atomic E-state index is 13.3. The molecule has 2 aromatic carbocycles. The number of pyridine rings is 1. The maximum Gasteiger partial charge on any atom is 0.258 e. The first kappa shape index (κ1) is 25.8. The normalized spacial score (nSPS) is 19.1. The third-order valence-electron chi connectivity index (χ3n) is 6.58. The second-order valence-corrected chi connectivity index (χ2v) is 9.10. The number of amides is 3. The molecule has 0 unspecified atom stereocenters. The molecule has 0 spiro atoms. The van der Waals surface area contributed by atoms with Gasteiger partial charge in [0.2, 0.25) is 0 Å². The van der Waals surface area contributed by atoms with Gasteiger partial charge in [-0.15, -0.1) is 0 Å². The Labute approximate surface area is 225 Å². The first-order valence-corrected chi connectivity index (χ1v) is 12.4. The van der Waals surface area contributed by atoms with E-state index in [2.05, 4.69) is 15.6 Å². The van der Waals surface area contributed by atoms with Crippen LogP contribution < -0.4 is 29.6 Å². The summed E-state index contributed by atoms with van der Waals surface area (Å²) in [5.74, 6) is 0.622. The SMILES string of the molecule is COc1ccc2cc1OCC(=O)NCc1ccc(c(OC)c1)O[C@H]1CN(C(=O)c3ccncc3)C[C@@H]1NC2=O. The minimum Gasteiger partial charge on any atom is -0.493 e. The van der Waals surface area contributed by atoms with Gasteiger partial charge < -0.3 is 34.5 Å². The molecule has 1 saturated heterocycles. The number of hydrogen-bond acceptors (Lipinski definition) is 8. The highest BCUT2D eigenvalue weighted by Crippen LogP contribution is 2.32. The molecular weight excluding hydrogens is 504 g/mol. The number of fused-ring (bicyclic) bond motifs is 7. The lowest BCUT2D eigenvalue weighted by Gasteiger charge is -2.22. The molecule has 3 aromatic rings. The lowest BCUT2D eigenvalue weighted by molar-refractivity contribution is -0.123. The predicted octanol–water partition coefficient (Wildman–Crippen LogP) is 1.81. The van der Waals surface area contributed by atoms with Crippen LogP contribution in [0.25, 0.3) is 0 Å². The number of rotatable bonds is 3. The molecular formula is C28H28N4O7. The number of nitrogens with zero attached hydrogens (tertiary/aromatic N) is 2. The van der Waals surface area contributed by atoms with Crippen molar-refractivity contribution in [2.45, 2.75) is 18.7 Å². The van der Waals surface area contributed by atoms with Gasteiger partial charge in [0.1, 0.15) is 6.10 Å². The first-order valence-electron chi connectivity index (χ1n) is 12.4. The Morgan fingerprint density at radius 1 is 0.974 bits per heavy atom. The van der Waals surface area contributed by atoms with Gasteiger partial charge in [-0.2, -0.15) is 0 Å². The van der Waals surface area contributed by atoms with Crippen molar-refractivity contribution >= 4 is 17.7 Å². The Hall–Kier alpha value is -4.80. The second kappa shape index (κ2) is 11.3. The monoisotopic (exact) mass is 532 g/mol. The minimum absolute atomic E-state index is 0.192. The molecule has 6 rings (SSSR count). The Morgan fingerprint density at radius 3 is 2.54 bits per heavy atom. The molecule has 11 nitrogen and oxygen atoms in total. The fraction of sp³-hybridized carbons (Fsp3) is 0.286. The van der Waals surface area contributed by atoms with Crippen molar-refractivity contribution in [2.24, 2.45) is 0 Å². The summed E-state index contributed by atoms with van der Waals surface area (Å²) in [6, 6.07) is 12.8. The quantitative estimate of drug-likeness (QED) is 0.523. The highest BCUT2D eigenvalue weighted by molar-refractivity contribution is 5.96. The van der Waals surface area contributed by atoms with Crippen LogP contribution in [0.1, 0.15) is 26.3 Å². The van der Waals surface area contributed by atoms with Crippen LogP contribution in [-0.4, -0.2) is 73.7 Å². The van der Waals surface area contributed by atoms with Gasteiger partial charge in [-0.3, -0.25) is 19.4 Å². The topological polar surface area (TPSA) is 128 Å². The van der Waals surface area contributed by atoms with E-state index in [1.807, 2.05) is 6.07 Å². The zero-order valence-electron chi connectivity index (χ0n) is 21.5. The number of aromatic nitrogens is 1. The van der Waals surface area contributed by atoms with Crippen molar-refractivity contribution in [3.63, 3.8) is 0 Å². The van der Waals surface area contributed by atoms with Gasteiger partial charge in [-0.05, 0) is 48.0 Å². The van der Waals surface area contributed by atoms with E-state index in [1.165, 1.54) is 20.3 Å². The van der Waals surface area contributed by atoms with Crippen molar-refractivity contribution in [2.75, 3.05) is 33.9 Å². The summed E-state index contributed by atoms with van der Waals surface area (Å²) < 4.78 is 22.9. The van der Waals surface area contributed by atoms with Gasteiger partial charge in [0.15, 0.2) is 29.6 Å². The van der Waals surface area contributed by atoms with E-state index in [0.717, 1.165) is 5.56 Å². The van der Waals surface area contributed by atoms with Crippen molar-refractivity contribution in [1.82, 2.24) is 20.5 Å². The summed E-state index contributed by atoms with van der Waals surface area (Å²) in [6.07, 6.45) is 2.55. The Morgan fingerprint density at radius 2 is 1.77 bits per heavy atom. The average molecular weight is 533 g/mol. The highest BCUT2D eigenvalue weighted by atomic mass is 16.5. The van der Waals surface area contributed by atoms with E-state index >= 15 is 0 Å². The number of benzene rings is 2. The number of ether oxygens (including phenoxy) is 4. The van der Waals surface area contributed by atoms with E-state index in [1.54, 1.807) is 53.7 Å². The number of hydrogen-bond donors (Lipinski definition) is 2. The summed E-state index contributed by atoms with van der Waals surface area (Å²) in [5, 5.41) is 5.81. The highest BCUT2D eigenvalue weighted by Gasteiger charge is 2.39. The third-order valence-corrected chi connectivity index (χ3v) is 6.58. The van der Waals surface area contributed by atoms with Gasteiger partial charge >= 0.3 is 0 Å². The molecule has 39 heavy (non-hydrogen) atoms. The summed E-state index contributed by atoms with van der Waals surface area (Å²) in [7, 11) is 3.00. The number of likely N-dealkylation sites (tertiary alicyclic amines) is 1. The van der Waals surface area contributed by atoms with Crippen LogP contribution in [-0.2, 0) is 11.3 Å². The van der Waals surface area contributed by atoms with Gasteiger partial charge in [0.25, 0.3) is 17.7 Å². The molecule has 3 amide bonds. The van der Waals surface area contributed by atoms with Crippen molar-refractivity contribution in [3.05, 3.63) is 77.6 Å². The first-order chi connectivity index (χ1) is 18.9. The van der Waals surface area contributed by atoms with E-state index in [4.69, 9.17) is 18.9 Å². The second-order valence-electron chi connectivity index (χ2n) is 9.10. The van der Waals surface area contributed by atoms with E-state index < -0.39 is 18.1 Å². The molecule has 2 atom stereocenters. The van der Waals surface area contributed by atoms with Crippen molar-refractivity contribution < 1.29 is 33.3 Å². The summed E-state index contributed by atoms with van der Waals surface area (Å²) in [6.45, 7) is 0.451. The minimum atomic E-state index is -0.566. The third kappa shape index (κ3) is 5.71. The zero-order chi connectivity index (χ0) is 27.4. The smallest absolute Gasteiger partial charge is 0.258 e. The molecule has 1 fully saturated rings. The standard InChI is InChI=1S/C28H28N4O7/c1-36-21-6-4-19-12-24(21)38-16-26(33)30-13-17-3-5-22(23(11-17)37-2)39-25-15-32(14-20(25)31-27(19)34)28(35)18-7-9-29-10-8-18/h3-12,20,25H,13-16H2,1-2H3,(H,30,33)(H,31,34)/t20-,25-/m0/s1. The fourth-order valence-electron chi connectivity index (χ4n) is 4.53. The Kier molecular flexibility index (Phi) is 7.48. The molecule has 3 aliphatic heterocycles. The molecule has 11 heteroatoms. The van der Waals surface area contributed by atoms with Gasteiger partial charge in [0.05, 0.1) is 26.8 Å². The molecule has 0 radical (unpaired) electrons. The lowest BCUT2D eigenvalue weighted by Crippen LogP contribution is -2.45. The largest absolute Gasteiger partial charge is 0.493 e. The van der Waals surface area contributed by atoms with Crippen LogP contribution in [0.15, 0.2) is 60.9 Å². The van der Waals surface area contributed by atoms with E-state index in [-0.39, 0.29) is 43.8 Å². The molecule has 3 aliphatic rings. The summed E-state index contributed by atoms with van der Waals surface area (Å²) in [5.41, 5.74) is 1.59. The number of methoxy groups -OCH3 is 2. The molecule has 2 N–H and O–H groups in total. The number of nitrogens with one attached hydrogen (secondary N) is 2. The van der Waals surface area contributed by atoms with Crippen LogP contribution in [0, 0.1) is 0 Å². The molecule has 4 heterocycles. The Balaban J connectivity index is 1.49. The van der Waals surface area contributed by atoms with Crippen LogP contribution in [0.5, 0.6) is 23.0 Å². The predicted molar refractivity (Wildman–Crippen MR) is 139 cm³/mol. The van der Waals surface area contributed by atoms with Crippen LogP contribution in [0.4, 0.5) is 0 Å². The van der Waals surface area contributed by atoms with Gasteiger partial charge in [-0.1, -0.05) is 6.07 Å². The van der Waals surface area contributed by atoms with E-state index in [0.29, 0.717) is 28.4 Å². The van der Waals surface area contributed by atoms with Crippen molar-refractivity contribution in [1.29, 1.82) is 0 Å². The fourth-order valence-corrected chi connectivity index (χ4v) is 4.53. The number of carbonyl (C=O) groups excluding carboxylic acids is 3. The molecule has 0 aliphatic carbocycles. The zero-order valence-corrected chi connectivity index (χ0v) is 21.5.